The molecule has 1 aliphatic heterocycles. The second kappa shape index (κ2) is 7.97. The Morgan fingerprint density at radius 1 is 1.10 bits per heavy atom. The molecular weight excluding hydrogens is 364 g/mol. The van der Waals surface area contributed by atoms with Gasteiger partial charge in [-0.15, -0.1) is 0 Å². The topological polar surface area (TPSA) is 63.5 Å². The smallest absolute Gasteiger partial charge is 0.269 e. The number of nitro groups is 1. The van der Waals surface area contributed by atoms with Gasteiger partial charge >= 0.3 is 0 Å². The van der Waals surface area contributed by atoms with Gasteiger partial charge in [-0.25, -0.2) is 0 Å². The highest BCUT2D eigenvalue weighted by Crippen LogP contribution is 2.51. The fourth-order valence-electron chi connectivity index (χ4n) is 4.81. The fraction of sp³-hybridized carbons (Fsp3) is 0.458. The monoisotopic (exact) mass is 394 g/mol. The Morgan fingerprint density at radius 3 is 2.41 bits per heavy atom. The molecule has 0 radical (unpaired) electrons. The van der Waals surface area contributed by atoms with Gasteiger partial charge in [0.05, 0.1) is 4.92 Å². The van der Waals surface area contributed by atoms with Crippen LogP contribution < -0.4 is 4.90 Å². The van der Waals surface area contributed by atoms with E-state index in [1.165, 1.54) is 6.07 Å². The molecule has 154 valence electrons. The molecule has 2 aromatic rings. The zero-order valence-corrected chi connectivity index (χ0v) is 17.8. The first-order chi connectivity index (χ1) is 13.7. The van der Waals surface area contributed by atoms with Gasteiger partial charge in [0, 0.05) is 35.2 Å². The molecule has 1 atom stereocenters. The maximum Gasteiger partial charge on any atom is 0.269 e. The number of hydrogen-bond acceptors (Lipinski definition) is 3. The first-order valence-corrected chi connectivity index (χ1v) is 10.4. The molecule has 0 bridgehead atoms. The van der Waals surface area contributed by atoms with Gasteiger partial charge in [0.1, 0.15) is 0 Å². The van der Waals surface area contributed by atoms with Crippen LogP contribution >= 0.6 is 0 Å². The Bertz CT molecular complexity index is 908. The SMILES string of the molecule is CCCCCC(=O)N1c2ccc([N+](=O)[O-])cc2C(C)(c2ccccc2)CC1(C)C. The molecule has 1 aliphatic rings. The number of unbranched alkanes of at least 4 members (excludes halogenated alkanes) is 2. The highest BCUT2D eigenvalue weighted by molar-refractivity contribution is 5.97. The number of carbonyl (C=O) groups is 1. The lowest BCUT2D eigenvalue weighted by molar-refractivity contribution is -0.385. The number of fused-ring (bicyclic) bond motifs is 1. The van der Waals surface area contributed by atoms with Gasteiger partial charge in [-0.1, -0.05) is 57.0 Å². The third-order valence-corrected chi connectivity index (χ3v) is 6.07. The molecule has 1 heterocycles. The van der Waals surface area contributed by atoms with Crippen molar-refractivity contribution in [3.05, 3.63) is 69.8 Å². The van der Waals surface area contributed by atoms with Crippen molar-refractivity contribution in [3.8, 4) is 0 Å². The average Bonchev–Trinajstić information content (AvgIpc) is 2.68. The van der Waals surface area contributed by atoms with Crippen LogP contribution in [0, 0.1) is 10.1 Å². The number of amides is 1. The van der Waals surface area contributed by atoms with Crippen LogP contribution in [-0.4, -0.2) is 16.4 Å². The van der Waals surface area contributed by atoms with Crippen LogP contribution in [0.3, 0.4) is 0 Å². The van der Waals surface area contributed by atoms with Gasteiger partial charge in [-0.2, -0.15) is 0 Å². The molecule has 0 saturated heterocycles. The maximum absolute atomic E-state index is 13.2. The molecule has 0 fully saturated rings. The first-order valence-electron chi connectivity index (χ1n) is 10.4. The van der Waals surface area contributed by atoms with E-state index in [4.69, 9.17) is 0 Å². The number of rotatable bonds is 6. The highest BCUT2D eigenvalue weighted by atomic mass is 16.6. The Morgan fingerprint density at radius 2 is 1.79 bits per heavy atom. The number of benzene rings is 2. The van der Waals surface area contributed by atoms with E-state index in [0.29, 0.717) is 12.8 Å². The predicted octanol–water partition coefficient (Wildman–Crippen LogP) is 6.00. The summed E-state index contributed by atoms with van der Waals surface area (Å²) in [6.45, 7) is 8.44. The summed E-state index contributed by atoms with van der Waals surface area (Å²) in [7, 11) is 0. The molecule has 0 spiro atoms. The van der Waals surface area contributed by atoms with Gasteiger partial charge in [0.25, 0.3) is 5.69 Å². The lowest BCUT2D eigenvalue weighted by Gasteiger charge is -2.51. The number of hydrogen-bond donors (Lipinski definition) is 0. The van der Waals surface area contributed by atoms with Gasteiger partial charge in [-0.3, -0.25) is 14.9 Å². The Balaban J connectivity index is 2.17. The minimum Gasteiger partial charge on any atom is -0.307 e. The predicted molar refractivity (Wildman–Crippen MR) is 116 cm³/mol. The van der Waals surface area contributed by atoms with Crippen LogP contribution in [0.25, 0.3) is 0 Å². The number of nitrogens with zero attached hydrogens (tertiary/aromatic N) is 2. The van der Waals surface area contributed by atoms with E-state index >= 15 is 0 Å². The summed E-state index contributed by atoms with van der Waals surface area (Å²) in [6, 6.07) is 15.0. The Hall–Kier alpha value is -2.69. The summed E-state index contributed by atoms with van der Waals surface area (Å²) in [4.78, 5) is 26.2. The van der Waals surface area contributed by atoms with Crippen molar-refractivity contribution in [1.29, 1.82) is 0 Å². The normalized spacial score (nSPS) is 20.2. The molecule has 1 amide bonds. The van der Waals surface area contributed by atoms with E-state index in [2.05, 4.69) is 39.8 Å². The van der Waals surface area contributed by atoms with Crippen LogP contribution in [0.15, 0.2) is 48.5 Å². The highest BCUT2D eigenvalue weighted by Gasteiger charge is 2.48. The van der Waals surface area contributed by atoms with Gasteiger partial charge < -0.3 is 4.90 Å². The molecule has 29 heavy (non-hydrogen) atoms. The Labute approximate surface area is 172 Å². The number of non-ortho nitro benzene ring substituents is 1. The quantitative estimate of drug-likeness (QED) is 0.343. The van der Waals surface area contributed by atoms with E-state index in [-0.39, 0.29) is 16.5 Å². The van der Waals surface area contributed by atoms with Crippen LogP contribution in [0.2, 0.25) is 0 Å². The van der Waals surface area contributed by atoms with Crippen LogP contribution in [-0.2, 0) is 10.2 Å². The Kier molecular flexibility index (Phi) is 5.78. The van der Waals surface area contributed by atoms with Crippen LogP contribution in [0.4, 0.5) is 11.4 Å². The molecule has 0 aromatic heterocycles. The van der Waals surface area contributed by atoms with Crippen molar-refractivity contribution in [2.75, 3.05) is 4.90 Å². The summed E-state index contributed by atoms with van der Waals surface area (Å²) in [5.74, 6) is 0.0914. The van der Waals surface area contributed by atoms with E-state index in [0.717, 1.165) is 36.1 Å². The van der Waals surface area contributed by atoms with Crippen molar-refractivity contribution in [1.82, 2.24) is 0 Å². The zero-order chi connectivity index (χ0) is 21.2. The molecule has 0 N–H and O–H groups in total. The van der Waals surface area contributed by atoms with Crippen LogP contribution in [0.1, 0.15) is 70.9 Å². The van der Waals surface area contributed by atoms with Gasteiger partial charge in [-0.05, 0) is 43.9 Å². The molecule has 1 unspecified atom stereocenters. The molecule has 5 nitrogen and oxygen atoms in total. The average molecular weight is 395 g/mol. The van der Waals surface area contributed by atoms with Crippen molar-refractivity contribution >= 4 is 17.3 Å². The minimum absolute atomic E-state index is 0.0593. The van der Waals surface area contributed by atoms with E-state index in [1.54, 1.807) is 12.1 Å². The van der Waals surface area contributed by atoms with Crippen molar-refractivity contribution < 1.29 is 9.72 Å². The first kappa shape index (κ1) is 21.0. The number of anilines is 1. The summed E-state index contributed by atoms with van der Waals surface area (Å²) < 4.78 is 0. The largest absolute Gasteiger partial charge is 0.307 e. The molecule has 3 rings (SSSR count). The third kappa shape index (κ3) is 3.91. The lowest BCUT2D eigenvalue weighted by Crippen LogP contribution is -2.55. The molecule has 0 aliphatic carbocycles. The fourth-order valence-corrected chi connectivity index (χ4v) is 4.81. The zero-order valence-electron chi connectivity index (χ0n) is 17.8. The lowest BCUT2D eigenvalue weighted by atomic mass is 9.65. The molecule has 2 aromatic carbocycles. The van der Waals surface area contributed by atoms with Crippen molar-refractivity contribution in [2.45, 2.75) is 70.8 Å². The maximum atomic E-state index is 13.2. The molecule has 5 heteroatoms. The second-order valence-corrected chi connectivity index (χ2v) is 8.83. The van der Waals surface area contributed by atoms with E-state index in [1.807, 2.05) is 23.1 Å². The summed E-state index contributed by atoms with van der Waals surface area (Å²) in [6.07, 6.45) is 4.13. The van der Waals surface area contributed by atoms with Gasteiger partial charge in [0.15, 0.2) is 0 Å². The molecule has 0 saturated carbocycles. The summed E-state index contributed by atoms with van der Waals surface area (Å²) in [5.41, 5.74) is 1.97. The second-order valence-electron chi connectivity index (χ2n) is 8.83. The van der Waals surface area contributed by atoms with Crippen molar-refractivity contribution in [2.24, 2.45) is 0 Å². The molecular formula is C24H30N2O3. The standard InChI is InChI=1S/C24H30N2O3/c1-5-6-8-13-22(27)25-21-15-14-19(26(28)29)16-20(21)24(4,17-23(25,2)3)18-11-9-7-10-12-18/h7,9-12,14-16H,5-6,8,13,17H2,1-4H3. The summed E-state index contributed by atoms with van der Waals surface area (Å²) in [5, 5.41) is 11.5. The number of nitro benzene ring substituents is 1. The van der Waals surface area contributed by atoms with Crippen LogP contribution in [0.5, 0.6) is 0 Å². The van der Waals surface area contributed by atoms with E-state index < -0.39 is 11.0 Å². The van der Waals surface area contributed by atoms with Gasteiger partial charge in [0.2, 0.25) is 5.91 Å². The third-order valence-electron chi connectivity index (χ3n) is 6.07. The minimum atomic E-state index is -0.424. The summed E-state index contributed by atoms with van der Waals surface area (Å²) >= 11 is 0. The number of carbonyl (C=O) groups excluding carboxylic acids is 1. The van der Waals surface area contributed by atoms with E-state index in [9.17, 15) is 14.9 Å². The van der Waals surface area contributed by atoms with Crippen molar-refractivity contribution in [3.63, 3.8) is 0 Å².